The van der Waals surface area contributed by atoms with Crippen molar-refractivity contribution in [1.82, 2.24) is 0 Å². The fourth-order valence-electron chi connectivity index (χ4n) is 8.46. The van der Waals surface area contributed by atoms with Gasteiger partial charge in [-0.3, -0.25) is 0 Å². The zero-order valence-corrected chi connectivity index (χ0v) is 32.5. The second-order valence-corrected chi connectivity index (χ2v) is 21.1. The Bertz CT molecular complexity index is 1880. The zero-order chi connectivity index (χ0) is 30.6. The van der Waals surface area contributed by atoms with Crippen LogP contribution in [0.15, 0.2) is 85.0 Å². The van der Waals surface area contributed by atoms with Gasteiger partial charge in [0.25, 0.3) is 0 Å². The molecule has 0 saturated heterocycles. The van der Waals surface area contributed by atoms with Crippen LogP contribution in [0.5, 0.6) is 0 Å². The molecule has 7 rings (SSSR count). The van der Waals surface area contributed by atoms with Crippen molar-refractivity contribution in [1.29, 1.82) is 0 Å². The van der Waals surface area contributed by atoms with Crippen LogP contribution in [0.3, 0.4) is 0 Å². The summed E-state index contributed by atoms with van der Waals surface area (Å²) in [7, 11) is 0. The van der Waals surface area contributed by atoms with Gasteiger partial charge >= 0.3 is 269 Å². The third kappa shape index (κ3) is 5.44. The number of allylic oxidation sites excluding steroid dienone is 8. The molecule has 3 aromatic carbocycles. The molecular formula is C42H46Cl2Zr. The Balaban J connectivity index is 0.00000200. The molecule has 0 N–H and O–H groups in total. The second kappa shape index (κ2) is 11.6. The molecule has 4 aliphatic rings. The smallest absolute Gasteiger partial charge is 1.00 e. The van der Waals surface area contributed by atoms with E-state index in [9.17, 15) is 0 Å². The Morgan fingerprint density at radius 3 is 2.00 bits per heavy atom. The maximum absolute atomic E-state index is 2.74. The van der Waals surface area contributed by atoms with Gasteiger partial charge in [0.2, 0.25) is 0 Å². The van der Waals surface area contributed by atoms with E-state index in [2.05, 4.69) is 146 Å². The Labute approximate surface area is 291 Å². The number of benzene rings is 3. The minimum absolute atomic E-state index is 0. The fraction of sp³-hybridized carbons (Fsp3) is 0.357. The average Bonchev–Trinajstić information content (AvgIpc) is 3.61. The van der Waals surface area contributed by atoms with Crippen LogP contribution in [0.1, 0.15) is 108 Å². The summed E-state index contributed by atoms with van der Waals surface area (Å²) in [6.07, 6.45) is 8.67. The molecule has 0 saturated carbocycles. The number of hydrogen-bond acceptors (Lipinski definition) is 0. The van der Waals surface area contributed by atoms with E-state index in [1.165, 1.54) is 55.7 Å². The number of hydrogen-bond donors (Lipinski definition) is 0. The minimum Gasteiger partial charge on any atom is -1.00 e. The van der Waals surface area contributed by atoms with Crippen molar-refractivity contribution in [3.05, 3.63) is 124 Å². The predicted octanol–water partition coefficient (Wildman–Crippen LogP) is 4.96. The van der Waals surface area contributed by atoms with Crippen molar-refractivity contribution in [3.8, 4) is 11.1 Å². The van der Waals surface area contributed by atoms with Gasteiger partial charge in [0.05, 0.1) is 0 Å². The van der Waals surface area contributed by atoms with Gasteiger partial charge in [-0.2, -0.15) is 0 Å². The molecule has 45 heavy (non-hydrogen) atoms. The summed E-state index contributed by atoms with van der Waals surface area (Å²) in [4.78, 5) is 0. The van der Waals surface area contributed by atoms with E-state index in [-0.39, 0.29) is 41.1 Å². The van der Waals surface area contributed by atoms with Crippen molar-refractivity contribution < 1.29 is 46.1 Å². The minimum atomic E-state index is -2.47. The Kier molecular flexibility index (Phi) is 8.82. The van der Waals surface area contributed by atoms with E-state index in [0.29, 0.717) is 5.92 Å². The van der Waals surface area contributed by atoms with Crippen LogP contribution in [0.4, 0.5) is 0 Å². The van der Waals surface area contributed by atoms with Gasteiger partial charge in [-0.15, -0.1) is 0 Å². The van der Waals surface area contributed by atoms with Crippen molar-refractivity contribution in [2.75, 3.05) is 0 Å². The topological polar surface area (TPSA) is 0 Å². The van der Waals surface area contributed by atoms with E-state index in [4.69, 9.17) is 0 Å². The fourth-order valence-corrected chi connectivity index (χ4v) is 16.7. The van der Waals surface area contributed by atoms with Crippen LogP contribution in [-0.2, 0) is 38.5 Å². The monoisotopic (exact) mass is 710 g/mol. The molecule has 3 heteroatoms. The van der Waals surface area contributed by atoms with Gasteiger partial charge in [-0.25, -0.2) is 0 Å². The van der Waals surface area contributed by atoms with Crippen molar-refractivity contribution in [2.24, 2.45) is 11.3 Å². The molecule has 0 aromatic heterocycles. The largest absolute Gasteiger partial charge is 1.00 e. The van der Waals surface area contributed by atoms with Crippen LogP contribution < -0.4 is 24.8 Å². The third-order valence-corrected chi connectivity index (χ3v) is 19.0. The normalized spacial score (nSPS) is 20.0. The third-order valence-electron chi connectivity index (χ3n) is 10.7. The molecule has 0 fully saturated rings. The van der Waals surface area contributed by atoms with Crippen LogP contribution >= 0.6 is 0 Å². The molecule has 0 amide bonds. The second-order valence-electron chi connectivity index (χ2n) is 15.7. The Morgan fingerprint density at radius 2 is 1.40 bits per heavy atom. The molecule has 3 aromatic rings. The van der Waals surface area contributed by atoms with E-state index < -0.39 is 21.3 Å². The molecule has 232 valence electrons. The molecule has 0 radical (unpaired) electrons. The summed E-state index contributed by atoms with van der Waals surface area (Å²) in [6.45, 7) is 24.0. The maximum atomic E-state index is 2.74. The molecule has 0 heterocycles. The SMILES string of the molecule is CC1=CC(C)(C)c2cc3c(cc21)-c1cc2c(cc1C3)C(C)(C)[C]([Zr+2](=[CH]c1ccccc1)[C]1=CC(C(C)(C)C)=CC1C)=C2C.[Cl-].[Cl-]. The molecule has 0 aliphatic heterocycles. The molecule has 0 spiro atoms. The number of rotatable bonds is 3. The van der Waals surface area contributed by atoms with Gasteiger partial charge in [0.1, 0.15) is 0 Å². The summed E-state index contributed by atoms with van der Waals surface area (Å²) in [5.74, 6) is 0.503. The molecule has 0 nitrogen and oxygen atoms in total. The Morgan fingerprint density at radius 1 is 0.800 bits per heavy atom. The quantitative estimate of drug-likeness (QED) is 0.282. The summed E-state index contributed by atoms with van der Waals surface area (Å²) < 4.78 is 6.22. The molecular weight excluding hydrogens is 667 g/mol. The van der Waals surface area contributed by atoms with E-state index in [0.717, 1.165) is 6.42 Å². The maximum Gasteiger partial charge on any atom is -1.00 e. The van der Waals surface area contributed by atoms with Crippen molar-refractivity contribution in [3.63, 3.8) is 0 Å². The molecule has 4 aliphatic carbocycles. The van der Waals surface area contributed by atoms with Gasteiger partial charge in [0, 0.05) is 0 Å². The first-order chi connectivity index (χ1) is 20.2. The first-order valence-electron chi connectivity index (χ1n) is 16.1. The van der Waals surface area contributed by atoms with Crippen LogP contribution in [-0.4, -0.2) is 3.71 Å². The summed E-state index contributed by atoms with van der Waals surface area (Å²) in [6, 6.07) is 21.4. The number of fused-ring (bicyclic) bond motifs is 5. The van der Waals surface area contributed by atoms with Crippen molar-refractivity contribution in [2.45, 2.75) is 86.5 Å². The van der Waals surface area contributed by atoms with Crippen molar-refractivity contribution >= 4 is 14.9 Å². The first-order valence-corrected chi connectivity index (χ1v) is 20.0. The zero-order valence-electron chi connectivity index (χ0n) is 28.5. The molecule has 0 bridgehead atoms. The van der Waals surface area contributed by atoms with Gasteiger partial charge < -0.3 is 24.8 Å². The van der Waals surface area contributed by atoms with Crippen LogP contribution in [0.25, 0.3) is 22.3 Å². The molecule has 1 atom stereocenters. The van der Waals surface area contributed by atoms with E-state index >= 15 is 0 Å². The Hall–Kier alpha value is -2.05. The average molecular weight is 713 g/mol. The molecule has 1 unspecified atom stereocenters. The predicted molar refractivity (Wildman–Crippen MR) is 183 cm³/mol. The summed E-state index contributed by atoms with van der Waals surface area (Å²) in [5, 5.41) is 0. The van der Waals surface area contributed by atoms with Gasteiger partial charge in [-0.05, 0) is 0 Å². The number of halogens is 2. The van der Waals surface area contributed by atoms with Gasteiger partial charge in [0.15, 0.2) is 0 Å². The van der Waals surface area contributed by atoms with E-state index in [1.807, 2.05) is 0 Å². The van der Waals surface area contributed by atoms with E-state index in [1.54, 1.807) is 17.7 Å². The standard InChI is InChI=1S/C25H25.C10H15.C7H6.2ClH.Zr/c1-14-12-24(3,4)22-8-16-7-17-9-23-19(15(2)13-25(23,5)6)11-21(17)20(16)10-18(14)22;1-8-5-6-9(7-8)10(2,3)4;1-7-5-3-2-4-6-7;;;/h8-12H,7H2,1-6H3;6-8H,1-4H3;1-6H;2*1H;/q;;;;;+2/p-2. The van der Waals surface area contributed by atoms with Crippen LogP contribution in [0.2, 0.25) is 0 Å². The summed E-state index contributed by atoms with van der Waals surface area (Å²) in [5.41, 5.74) is 18.1. The first kappa shape index (κ1) is 34.3. The van der Waals surface area contributed by atoms with Gasteiger partial charge in [-0.1, -0.05) is 0 Å². The summed E-state index contributed by atoms with van der Waals surface area (Å²) >= 11 is -2.47. The van der Waals surface area contributed by atoms with Crippen LogP contribution in [0, 0.1) is 11.3 Å².